The van der Waals surface area contributed by atoms with Crippen LogP contribution in [0.5, 0.6) is 0 Å². The van der Waals surface area contributed by atoms with Crippen molar-refractivity contribution in [3.05, 3.63) is 23.8 Å². The Labute approximate surface area is 206 Å². The molecule has 0 bridgehead atoms. The van der Waals surface area contributed by atoms with Gasteiger partial charge in [0, 0.05) is 6.42 Å². The molecule has 4 aliphatic carbocycles. The molecule has 0 amide bonds. The first-order chi connectivity index (χ1) is 15.6. The van der Waals surface area contributed by atoms with Crippen LogP contribution in [0.15, 0.2) is 23.8 Å². The summed E-state index contributed by atoms with van der Waals surface area (Å²) in [5.74, 6) is -0.277. The highest BCUT2D eigenvalue weighted by Crippen LogP contribution is 2.74. The molecule has 4 aliphatic rings. The van der Waals surface area contributed by atoms with Crippen molar-refractivity contribution in [3.63, 3.8) is 0 Å². The number of aliphatic carboxylic acids is 2. The Hall–Kier alpha value is -1.58. The highest BCUT2D eigenvalue weighted by atomic mass is 16.4. The van der Waals surface area contributed by atoms with Crippen molar-refractivity contribution in [2.45, 2.75) is 106 Å². The first-order valence-electron chi connectivity index (χ1n) is 13.4. The third-order valence-corrected chi connectivity index (χ3v) is 12.1. The standard InChI is InChI=1S/C30H46O4/c1-19(2)20-8-9-22-21(28(20,5)12-11-24(31)32)10-13-30(7)23-18-27(4,25(33)34)15-14-26(23,3)16-17-29(22,30)6/h9,20-21,23H,1,8,10-18H2,2-7H3,(H,31,32)(H,33,34)/t20-,21-,23+,26+,27+,28-,29+,30-/m0/s1. The van der Waals surface area contributed by atoms with E-state index in [9.17, 15) is 19.8 Å². The number of carbonyl (C=O) groups is 2. The average molecular weight is 471 g/mol. The molecule has 0 saturated heterocycles. The normalized spacial score (nSPS) is 48.1. The zero-order valence-electron chi connectivity index (χ0n) is 22.3. The van der Waals surface area contributed by atoms with Crippen LogP contribution in [0.3, 0.4) is 0 Å². The smallest absolute Gasteiger partial charge is 0.309 e. The van der Waals surface area contributed by atoms with E-state index in [-0.39, 0.29) is 28.1 Å². The summed E-state index contributed by atoms with van der Waals surface area (Å²) >= 11 is 0. The van der Waals surface area contributed by atoms with Gasteiger partial charge in [-0.25, -0.2) is 0 Å². The minimum Gasteiger partial charge on any atom is -0.481 e. The van der Waals surface area contributed by atoms with Crippen LogP contribution < -0.4 is 0 Å². The molecule has 0 heterocycles. The van der Waals surface area contributed by atoms with Crippen LogP contribution in [-0.2, 0) is 9.59 Å². The average Bonchev–Trinajstić information content (AvgIpc) is 2.75. The van der Waals surface area contributed by atoms with Gasteiger partial charge < -0.3 is 10.2 Å². The predicted molar refractivity (Wildman–Crippen MR) is 135 cm³/mol. The number of hydrogen-bond acceptors (Lipinski definition) is 2. The summed E-state index contributed by atoms with van der Waals surface area (Å²) < 4.78 is 0. The quantitative estimate of drug-likeness (QED) is 0.408. The molecule has 0 radical (unpaired) electrons. The van der Waals surface area contributed by atoms with E-state index in [1.54, 1.807) is 5.57 Å². The van der Waals surface area contributed by atoms with Gasteiger partial charge in [0.25, 0.3) is 0 Å². The van der Waals surface area contributed by atoms with Crippen LogP contribution in [0, 0.1) is 44.8 Å². The number of carboxylic acid groups (broad SMARTS) is 2. The van der Waals surface area contributed by atoms with Crippen LogP contribution in [0.2, 0.25) is 0 Å². The molecule has 0 aromatic carbocycles. The fraction of sp³-hybridized carbons (Fsp3) is 0.800. The van der Waals surface area contributed by atoms with Crippen LogP contribution in [0.4, 0.5) is 0 Å². The second kappa shape index (κ2) is 7.96. The molecule has 0 spiro atoms. The number of allylic oxidation sites excluding steroid dienone is 3. The van der Waals surface area contributed by atoms with Crippen molar-refractivity contribution < 1.29 is 19.8 Å². The Kier molecular flexibility index (Phi) is 5.98. The van der Waals surface area contributed by atoms with Gasteiger partial charge in [-0.15, -0.1) is 0 Å². The van der Waals surface area contributed by atoms with Crippen LogP contribution in [0.25, 0.3) is 0 Å². The zero-order valence-corrected chi connectivity index (χ0v) is 22.3. The van der Waals surface area contributed by atoms with Crippen molar-refractivity contribution in [2.75, 3.05) is 0 Å². The molecule has 3 saturated carbocycles. The van der Waals surface area contributed by atoms with Crippen molar-refractivity contribution in [3.8, 4) is 0 Å². The summed E-state index contributed by atoms with van der Waals surface area (Å²) in [4.78, 5) is 23.9. The van der Waals surface area contributed by atoms with Gasteiger partial charge in [-0.05, 0) is 111 Å². The maximum Gasteiger partial charge on any atom is 0.309 e. The zero-order chi connectivity index (χ0) is 25.3. The first-order valence-corrected chi connectivity index (χ1v) is 13.4. The summed E-state index contributed by atoms with van der Waals surface area (Å²) in [5, 5.41) is 19.6. The van der Waals surface area contributed by atoms with E-state index in [4.69, 9.17) is 0 Å². The number of hydrogen-bond donors (Lipinski definition) is 2. The van der Waals surface area contributed by atoms with Gasteiger partial charge in [-0.2, -0.15) is 0 Å². The van der Waals surface area contributed by atoms with Crippen LogP contribution in [0.1, 0.15) is 106 Å². The summed E-state index contributed by atoms with van der Waals surface area (Å²) in [6, 6.07) is 0. The molecule has 0 aromatic heterocycles. The minimum atomic E-state index is -0.715. The topological polar surface area (TPSA) is 74.6 Å². The second-order valence-electron chi connectivity index (χ2n) is 13.8. The van der Waals surface area contributed by atoms with Crippen molar-refractivity contribution in [2.24, 2.45) is 44.8 Å². The third kappa shape index (κ3) is 3.45. The summed E-state index contributed by atoms with van der Waals surface area (Å²) in [7, 11) is 0. The van der Waals surface area contributed by atoms with E-state index in [0.29, 0.717) is 24.2 Å². The maximum absolute atomic E-state index is 12.3. The van der Waals surface area contributed by atoms with Gasteiger partial charge in [-0.1, -0.05) is 51.5 Å². The van der Waals surface area contributed by atoms with Crippen molar-refractivity contribution in [1.82, 2.24) is 0 Å². The lowest BCUT2D eigenvalue weighted by Crippen LogP contribution is -2.62. The van der Waals surface area contributed by atoms with Gasteiger partial charge in [-0.3, -0.25) is 9.59 Å². The van der Waals surface area contributed by atoms with Gasteiger partial charge >= 0.3 is 11.9 Å². The summed E-state index contributed by atoms with van der Waals surface area (Å²) in [5.41, 5.74) is 2.29. The van der Waals surface area contributed by atoms with E-state index in [1.165, 1.54) is 5.57 Å². The SMILES string of the molecule is C=C(C)[C@@H]1CC=C2[C@H](CC[C@@]3(C)[C@@H]4C[C@](C)(C(=O)O)CC[C@]4(C)CC[C@]23C)[C@@]1(C)CCC(=O)O. The summed E-state index contributed by atoms with van der Waals surface area (Å²) in [6.07, 6.45) is 11.3. The third-order valence-electron chi connectivity index (χ3n) is 12.1. The van der Waals surface area contributed by atoms with E-state index in [0.717, 1.165) is 51.4 Å². The largest absolute Gasteiger partial charge is 0.481 e. The molecule has 3 fully saturated rings. The van der Waals surface area contributed by atoms with Crippen LogP contribution in [-0.4, -0.2) is 22.2 Å². The molecule has 190 valence electrons. The molecule has 2 N–H and O–H groups in total. The fourth-order valence-corrected chi connectivity index (χ4v) is 9.43. The van der Waals surface area contributed by atoms with Gasteiger partial charge in [0.2, 0.25) is 0 Å². The van der Waals surface area contributed by atoms with E-state index >= 15 is 0 Å². The molecule has 4 nitrogen and oxygen atoms in total. The Bertz CT molecular complexity index is 934. The lowest BCUT2D eigenvalue weighted by Gasteiger charge is -2.70. The van der Waals surface area contributed by atoms with E-state index in [1.807, 2.05) is 6.92 Å². The molecule has 8 atom stereocenters. The molecule has 4 rings (SSSR count). The highest BCUT2D eigenvalue weighted by molar-refractivity contribution is 5.74. The maximum atomic E-state index is 12.3. The fourth-order valence-electron chi connectivity index (χ4n) is 9.43. The van der Waals surface area contributed by atoms with Gasteiger partial charge in [0.15, 0.2) is 0 Å². The Morgan fingerprint density at radius 1 is 1.03 bits per heavy atom. The molecule has 0 unspecified atom stereocenters. The van der Waals surface area contributed by atoms with Crippen molar-refractivity contribution in [1.29, 1.82) is 0 Å². The highest BCUT2D eigenvalue weighted by Gasteiger charge is 2.66. The molecule has 0 aliphatic heterocycles. The molecular formula is C30H46O4. The molecular weight excluding hydrogens is 424 g/mol. The Balaban J connectivity index is 1.76. The predicted octanol–water partition coefficient (Wildman–Crippen LogP) is 7.49. The molecule has 0 aromatic rings. The lowest BCUT2D eigenvalue weighted by molar-refractivity contribution is -0.180. The number of fused-ring (bicyclic) bond motifs is 5. The van der Waals surface area contributed by atoms with Gasteiger partial charge in [0.05, 0.1) is 5.41 Å². The van der Waals surface area contributed by atoms with Crippen LogP contribution >= 0.6 is 0 Å². The van der Waals surface area contributed by atoms with E-state index < -0.39 is 17.4 Å². The second-order valence-corrected chi connectivity index (χ2v) is 13.8. The molecule has 34 heavy (non-hydrogen) atoms. The van der Waals surface area contributed by atoms with Crippen molar-refractivity contribution >= 4 is 11.9 Å². The molecule has 4 heteroatoms. The number of rotatable bonds is 5. The van der Waals surface area contributed by atoms with E-state index in [2.05, 4.69) is 47.3 Å². The lowest BCUT2D eigenvalue weighted by atomic mass is 9.34. The first kappa shape index (κ1) is 25.5. The van der Waals surface area contributed by atoms with Gasteiger partial charge in [0.1, 0.15) is 0 Å². The Morgan fingerprint density at radius 3 is 2.26 bits per heavy atom. The summed E-state index contributed by atoms with van der Waals surface area (Å²) in [6.45, 7) is 18.1. The monoisotopic (exact) mass is 470 g/mol. The number of carboxylic acids is 2. The Morgan fingerprint density at radius 2 is 1.68 bits per heavy atom. The minimum absolute atomic E-state index is 0.0291.